The first-order chi connectivity index (χ1) is 11.8. The fourth-order valence-electron chi connectivity index (χ4n) is 7.47. The van der Waals surface area contributed by atoms with Crippen molar-refractivity contribution < 1.29 is 9.59 Å². The molecule has 1 aliphatic heterocycles. The molecule has 4 saturated carbocycles. The van der Waals surface area contributed by atoms with Crippen LogP contribution in [0.4, 0.5) is 0 Å². The van der Waals surface area contributed by atoms with Crippen molar-refractivity contribution in [2.75, 3.05) is 13.1 Å². The van der Waals surface area contributed by atoms with E-state index in [9.17, 15) is 9.59 Å². The quantitative estimate of drug-likeness (QED) is 0.845. The first kappa shape index (κ1) is 17.4. The van der Waals surface area contributed by atoms with Gasteiger partial charge in [-0.2, -0.15) is 0 Å². The number of piperidine rings is 1. The molecule has 2 atom stereocenters. The summed E-state index contributed by atoms with van der Waals surface area (Å²) in [4.78, 5) is 26.9. The van der Waals surface area contributed by atoms with Crippen LogP contribution < -0.4 is 5.32 Å². The van der Waals surface area contributed by atoms with Crippen LogP contribution in [0.15, 0.2) is 0 Å². The van der Waals surface area contributed by atoms with E-state index in [0.29, 0.717) is 23.7 Å². The molecule has 5 rings (SSSR count). The van der Waals surface area contributed by atoms with E-state index in [-0.39, 0.29) is 17.4 Å². The van der Waals surface area contributed by atoms with Gasteiger partial charge < -0.3 is 10.2 Å². The number of rotatable bonds is 4. The predicted octanol–water partition coefficient (Wildman–Crippen LogP) is 3.64. The molecular formula is C21H34N2O2. The van der Waals surface area contributed by atoms with Crippen molar-refractivity contribution in [1.82, 2.24) is 10.2 Å². The zero-order valence-corrected chi connectivity index (χ0v) is 16.0. The standard InChI is InChI=1S/C21H34N2O2/c1-19-10-16-11-20(2,13-19)15-21(12-16,14-19)22-17(24)6-7-18(25)23-8-4-3-5-9-23/h16H,3-15H2,1-2H3,(H,22,24). The first-order valence-corrected chi connectivity index (χ1v) is 10.4. The molecule has 0 aromatic rings. The van der Waals surface area contributed by atoms with Gasteiger partial charge in [0.1, 0.15) is 0 Å². The lowest BCUT2D eigenvalue weighted by atomic mass is 9.43. The average molecular weight is 347 g/mol. The number of carbonyl (C=O) groups is 2. The molecule has 2 unspecified atom stereocenters. The molecular weight excluding hydrogens is 312 g/mol. The van der Waals surface area contributed by atoms with Crippen molar-refractivity contribution in [3.8, 4) is 0 Å². The zero-order chi connectivity index (χ0) is 17.7. The number of carbonyl (C=O) groups excluding carboxylic acids is 2. The van der Waals surface area contributed by atoms with Crippen LogP contribution >= 0.6 is 0 Å². The van der Waals surface area contributed by atoms with Gasteiger partial charge in [0.2, 0.25) is 11.8 Å². The minimum atomic E-state index is 0.00811. The third-order valence-electron chi connectivity index (χ3n) is 7.31. The van der Waals surface area contributed by atoms with Crippen molar-refractivity contribution in [2.45, 2.75) is 90.0 Å². The van der Waals surface area contributed by atoms with Crippen LogP contribution in [0.5, 0.6) is 0 Å². The Kier molecular flexibility index (Phi) is 4.16. The highest BCUT2D eigenvalue weighted by molar-refractivity contribution is 5.84. The largest absolute Gasteiger partial charge is 0.351 e. The minimum absolute atomic E-state index is 0.00811. The number of likely N-dealkylation sites (tertiary alicyclic amines) is 1. The number of nitrogens with zero attached hydrogens (tertiary/aromatic N) is 1. The maximum absolute atomic E-state index is 12.6. The molecule has 25 heavy (non-hydrogen) atoms. The van der Waals surface area contributed by atoms with Gasteiger partial charge in [0, 0.05) is 31.5 Å². The molecule has 0 aromatic carbocycles. The highest BCUT2D eigenvalue weighted by atomic mass is 16.2. The van der Waals surface area contributed by atoms with E-state index < -0.39 is 0 Å². The van der Waals surface area contributed by atoms with Gasteiger partial charge in [-0.25, -0.2) is 0 Å². The fraction of sp³-hybridized carbons (Fsp3) is 0.905. The molecule has 0 spiro atoms. The molecule has 2 amide bonds. The molecule has 1 N–H and O–H groups in total. The second kappa shape index (κ2) is 5.99. The molecule has 5 aliphatic rings. The summed E-state index contributed by atoms with van der Waals surface area (Å²) in [5.74, 6) is 1.04. The van der Waals surface area contributed by atoms with Gasteiger partial charge in [-0.1, -0.05) is 13.8 Å². The lowest BCUT2D eigenvalue weighted by molar-refractivity contribution is -0.142. The number of hydrogen-bond donors (Lipinski definition) is 1. The summed E-state index contributed by atoms with van der Waals surface area (Å²) in [6, 6.07) is 0. The Labute approximate surface area is 152 Å². The third-order valence-corrected chi connectivity index (χ3v) is 7.31. The maximum atomic E-state index is 12.6. The molecule has 140 valence electrons. The van der Waals surface area contributed by atoms with Crippen molar-refractivity contribution in [3.05, 3.63) is 0 Å². The highest BCUT2D eigenvalue weighted by Crippen LogP contribution is 2.66. The summed E-state index contributed by atoms with van der Waals surface area (Å²) < 4.78 is 0. The Balaban J connectivity index is 1.34. The van der Waals surface area contributed by atoms with E-state index in [4.69, 9.17) is 0 Å². The Morgan fingerprint density at radius 2 is 1.56 bits per heavy atom. The first-order valence-electron chi connectivity index (χ1n) is 10.4. The van der Waals surface area contributed by atoms with Crippen molar-refractivity contribution in [2.24, 2.45) is 16.7 Å². The van der Waals surface area contributed by atoms with Gasteiger partial charge >= 0.3 is 0 Å². The van der Waals surface area contributed by atoms with Crippen LogP contribution in [-0.4, -0.2) is 35.3 Å². The summed E-state index contributed by atoms with van der Waals surface area (Å²) in [6.07, 6.45) is 11.6. The SMILES string of the molecule is CC12CC3CC(C)(C1)CC(NC(=O)CCC(=O)N1CCCCC1)(C3)C2. The maximum Gasteiger partial charge on any atom is 0.223 e. The van der Waals surface area contributed by atoms with Gasteiger partial charge in [-0.05, 0) is 74.5 Å². The van der Waals surface area contributed by atoms with Crippen LogP contribution in [0.1, 0.15) is 84.5 Å². The van der Waals surface area contributed by atoms with E-state index >= 15 is 0 Å². The molecule has 0 radical (unpaired) electrons. The Morgan fingerprint density at radius 1 is 0.920 bits per heavy atom. The summed E-state index contributed by atoms with van der Waals surface area (Å²) in [6.45, 7) is 6.61. The van der Waals surface area contributed by atoms with Crippen LogP contribution in [0, 0.1) is 16.7 Å². The van der Waals surface area contributed by atoms with Gasteiger partial charge in [0.25, 0.3) is 0 Å². The molecule has 0 aromatic heterocycles. The molecule has 5 fully saturated rings. The molecule has 4 aliphatic carbocycles. The Morgan fingerprint density at radius 3 is 2.16 bits per heavy atom. The molecule has 1 saturated heterocycles. The Hall–Kier alpha value is -1.06. The van der Waals surface area contributed by atoms with Crippen LogP contribution in [0.2, 0.25) is 0 Å². The normalized spacial score (nSPS) is 42.5. The third kappa shape index (κ3) is 3.46. The van der Waals surface area contributed by atoms with Gasteiger partial charge in [0.15, 0.2) is 0 Å². The van der Waals surface area contributed by atoms with E-state index in [1.54, 1.807) is 0 Å². The van der Waals surface area contributed by atoms with E-state index in [1.165, 1.54) is 25.7 Å². The Bertz CT molecular complexity index is 548. The number of hydrogen-bond acceptors (Lipinski definition) is 2. The van der Waals surface area contributed by atoms with E-state index in [0.717, 1.165) is 51.1 Å². The second-order valence-electron chi connectivity index (χ2n) is 10.4. The van der Waals surface area contributed by atoms with Crippen LogP contribution in [0.25, 0.3) is 0 Å². The zero-order valence-electron chi connectivity index (χ0n) is 16.0. The fourth-order valence-corrected chi connectivity index (χ4v) is 7.47. The highest BCUT2D eigenvalue weighted by Gasteiger charge is 2.60. The van der Waals surface area contributed by atoms with Crippen molar-refractivity contribution >= 4 is 11.8 Å². The monoisotopic (exact) mass is 346 g/mol. The summed E-state index contributed by atoms with van der Waals surface area (Å²) in [5, 5.41) is 3.42. The predicted molar refractivity (Wildman–Crippen MR) is 97.9 cm³/mol. The van der Waals surface area contributed by atoms with Crippen molar-refractivity contribution in [3.63, 3.8) is 0 Å². The lowest BCUT2D eigenvalue weighted by Crippen LogP contribution is -2.65. The smallest absolute Gasteiger partial charge is 0.223 e. The molecule has 4 bridgehead atoms. The van der Waals surface area contributed by atoms with Crippen LogP contribution in [-0.2, 0) is 9.59 Å². The lowest BCUT2D eigenvalue weighted by Gasteiger charge is -2.65. The van der Waals surface area contributed by atoms with Gasteiger partial charge in [0.05, 0.1) is 0 Å². The average Bonchev–Trinajstić information content (AvgIpc) is 2.49. The summed E-state index contributed by atoms with van der Waals surface area (Å²) >= 11 is 0. The van der Waals surface area contributed by atoms with Gasteiger partial charge in [-0.3, -0.25) is 9.59 Å². The van der Waals surface area contributed by atoms with Crippen LogP contribution in [0.3, 0.4) is 0 Å². The second-order valence-corrected chi connectivity index (χ2v) is 10.4. The topological polar surface area (TPSA) is 49.4 Å². The minimum Gasteiger partial charge on any atom is -0.351 e. The summed E-state index contributed by atoms with van der Waals surface area (Å²) in [7, 11) is 0. The molecule has 4 nitrogen and oxygen atoms in total. The number of nitrogens with one attached hydrogen (secondary N) is 1. The number of amides is 2. The van der Waals surface area contributed by atoms with E-state index in [2.05, 4.69) is 19.2 Å². The summed E-state index contributed by atoms with van der Waals surface area (Å²) in [5.41, 5.74) is 0.824. The van der Waals surface area contributed by atoms with Gasteiger partial charge in [-0.15, -0.1) is 0 Å². The van der Waals surface area contributed by atoms with Crippen molar-refractivity contribution in [1.29, 1.82) is 0 Å². The van der Waals surface area contributed by atoms with E-state index in [1.807, 2.05) is 4.90 Å². The molecule has 1 heterocycles. The molecule has 4 heteroatoms.